The highest BCUT2D eigenvalue weighted by atomic mass is 32.2. The van der Waals surface area contributed by atoms with Gasteiger partial charge in [-0.15, -0.1) is 0 Å². The third-order valence-corrected chi connectivity index (χ3v) is 3.94. The van der Waals surface area contributed by atoms with Crippen molar-refractivity contribution in [3.05, 3.63) is 12.0 Å². The molecule has 0 saturated heterocycles. The van der Waals surface area contributed by atoms with Gasteiger partial charge in [0.05, 0.1) is 6.10 Å². The minimum Gasteiger partial charge on any atom is -0.392 e. The van der Waals surface area contributed by atoms with Crippen LogP contribution in [0.15, 0.2) is 11.2 Å². The fraction of sp³-hybridized carbons (Fsp3) is 0.727. The summed E-state index contributed by atoms with van der Waals surface area (Å²) in [7, 11) is -3.56. The first-order chi connectivity index (χ1) is 8.86. The van der Waals surface area contributed by atoms with Crippen LogP contribution in [0.2, 0.25) is 0 Å². The van der Waals surface area contributed by atoms with Crippen molar-refractivity contribution < 1.29 is 13.5 Å². The largest absolute Gasteiger partial charge is 0.392 e. The summed E-state index contributed by atoms with van der Waals surface area (Å²) in [5, 5.41) is 12.0. The van der Waals surface area contributed by atoms with Crippen LogP contribution in [-0.2, 0) is 16.6 Å². The molecule has 0 amide bonds. The Bertz CT molecular complexity index is 496. The molecule has 8 heteroatoms. The Morgan fingerprint density at radius 3 is 2.68 bits per heavy atom. The van der Waals surface area contributed by atoms with Crippen molar-refractivity contribution in [2.45, 2.75) is 38.4 Å². The molecule has 0 bridgehead atoms. The minimum absolute atomic E-state index is 0.0439. The molecule has 0 fully saturated rings. The van der Waals surface area contributed by atoms with Gasteiger partial charge in [0.25, 0.3) is 10.0 Å². The molecule has 1 unspecified atom stereocenters. The number of hydrogen-bond donors (Lipinski definition) is 3. The quantitative estimate of drug-likeness (QED) is 0.559. The van der Waals surface area contributed by atoms with E-state index in [0.29, 0.717) is 25.5 Å². The zero-order chi connectivity index (χ0) is 14.5. The van der Waals surface area contributed by atoms with Crippen molar-refractivity contribution in [2.24, 2.45) is 0 Å². The van der Waals surface area contributed by atoms with Crippen LogP contribution >= 0.6 is 0 Å². The molecule has 0 aliphatic heterocycles. The first kappa shape index (κ1) is 16.1. The Balaban J connectivity index is 2.51. The van der Waals surface area contributed by atoms with Gasteiger partial charge in [-0.2, -0.15) is 0 Å². The maximum Gasteiger partial charge on any atom is 0.259 e. The van der Waals surface area contributed by atoms with Gasteiger partial charge in [0.15, 0.2) is 5.03 Å². The fourth-order valence-electron chi connectivity index (χ4n) is 1.59. The molecule has 1 rings (SSSR count). The van der Waals surface area contributed by atoms with E-state index >= 15 is 0 Å². The fourth-order valence-corrected chi connectivity index (χ4v) is 2.62. The van der Waals surface area contributed by atoms with Crippen LogP contribution < -0.4 is 10.0 Å². The second kappa shape index (κ2) is 6.99. The Morgan fingerprint density at radius 1 is 1.47 bits per heavy atom. The lowest BCUT2D eigenvalue weighted by atomic mass is 10.4. The average molecular weight is 290 g/mol. The molecule has 3 N–H and O–H groups in total. The molecule has 0 aliphatic carbocycles. The maximum atomic E-state index is 11.9. The number of aromatic nitrogens is 2. The molecular weight excluding hydrogens is 268 g/mol. The number of aliphatic hydroxyl groups excluding tert-OH is 1. The highest BCUT2D eigenvalue weighted by Gasteiger charge is 2.18. The van der Waals surface area contributed by atoms with Crippen LogP contribution in [0.3, 0.4) is 0 Å². The van der Waals surface area contributed by atoms with Crippen molar-refractivity contribution in [3.63, 3.8) is 0 Å². The van der Waals surface area contributed by atoms with Gasteiger partial charge in [-0.1, -0.05) is 0 Å². The van der Waals surface area contributed by atoms with Gasteiger partial charge in [-0.3, -0.25) is 0 Å². The number of nitrogens with one attached hydrogen (secondary N) is 2. The van der Waals surface area contributed by atoms with Gasteiger partial charge in [0.2, 0.25) is 0 Å². The second-order valence-electron chi connectivity index (χ2n) is 4.36. The first-order valence-corrected chi connectivity index (χ1v) is 7.77. The van der Waals surface area contributed by atoms with Gasteiger partial charge in [0.1, 0.15) is 5.82 Å². The summed E-state index contributed by atoms with van der Waals surface area (Å²) in [5.74, 6) is 0.676. The van der Waals surface area contributed by atoms with E-state index in [4.69, 9.17) is 5.11 Å². The number of aryl methyl sites for hydroxylation is 2. The van der Waals surface area contributed by atoms with Gasteiger partial charge in [-0.25, -0.2) is 18.1 Å². The molecule has 110 valence electrons. The molecule has 7 nitrogen and oxygen atoms in total. The highest BCUT2D eigenvalue weighted by molar-refractivity contribution is 7.89. The molecule has 19 heavy (non-hydrogen) atoms. The van der Waals surface area contributed by atoms with Crippen molar-refractivity contribution in [2.75, 3.05) is 19.6 Å². The Hall–Kier alpha value is -0.960. The molecule has 0 spiro atoms. The zero-order valence-electron chi connectivity index (χ0n) is 11.5. The smallest absolute Gasteiger partial charge is 0.259 e. The molecule has 0 aromatic carbocycles. The monoisotopic (exact) mass is 290 g/mol. The lowest BCUT2D eigenvalue weighted by Crippen LogP contribution is -2.34. The number of rotatable bonds is 8. The third-order valence-electron chi connectivity index (χ3n) is 2.60. The summed E-state index contributed by atoms with van der Waals surface area (Å²) < 4.78 is 28.1. The topological polar surface area (TPSA) is 96.2 Å². The molecule has 1 aromatic rings. The molecular formula is C11H22N4O3S. The highest BCUT2D eigenvalue weighted by Crippen LogP contribution is 2.08. The van der Waals surface area contributed by atoms with E-state index in [0.717, 1.165) is 0 Å². The predicted molar refractivity (Wildman–Crippen MR) is 72.4 cm³/mol. The van der Waals surface area contributed by atoms with Crippen molar-refractivity contribution >= 4 is 10.0 Å². The van der Waals surface area contributed by atoms with Crippen LogP contribution in [0.25, 0.3) is 0 Å². The van der Waals surface area contributed by atoms with Crippen LogP contribution in [0.1, 0.15) is 19.7 Å². The number of hydrogen-bond acceptors (Lipinski definition) is 5. The molecule has 1 heterocycles. The van der Waals surface area contributed by atoms with Crippen molar-refractivity contribution in [3.8, 4) is 0 Å². The standard InChI is InChI=1S/C11H22N4O3S/c1-4-15-8-11(14-10(15)3)19(17,18)13-6-5-12-7-9(2)16/h8-9,12-13,16H,4-7H2,1-3H3. The molecule has 0 aliphatic rings. The van der Waals surface area contributed by atoms with E-state index in [-0.39, 0.29) is 11.6 Å². The Labute approximate surface area is 114 Å². The summed E-state index contributed by atoms with van der Waals surface area (Å²) >= 11 is 0. The first-order valence-electron chi connectivity index (χ1n) is 6.29. The number of imidazole rings is 1. The second-order valence-corrected chi connectivity index (χ2v) is 6.08. The lowest BCUT2D eigenvalue weighted by molar-refractivity contribution is 0.192. The number of sulfonamides is 1. The summed E-state index contributed by atoms with van der Waals surface area (Å²) in [5.41, 5.74) is 0. The average Bonchev–Trinajstić information content (AvgIpc) is 2.70. The van der Waals surface area contributed by atoms with E-state index in [1.54, 1.807) is 18.4 Å². The summed E-state index contributed by atoms with van der Waals surface area (Å²) in [6, 6.07) is 0. The normalized spacial score (nSPS) is 13.7. The third kappa shape index (κ3) is 4.90. The van der Waals surface area contributed by atoms with Gasteiger partial charge in [0, 0.05) is 32.4 Å². The SMILES string of the molecule is CCn1cc(S(=O)(=O)NCCNCC(C)O)nc1C. The molecule has 0 saturated carbocycles. The number of nitrogens with zero attached hydrogens (tertiary/aromatic N) is 2. The lowest BCUT2D eigenvalue weighted by Gasteiger charge is -2.07. The van der Waals surface area contributed by atoms with Crippen LogP contribution in [-0.4, -0.2) is 48.8 Å². The van der Waals surface area contributed by atoms with Crippen LogP contribution in [0, 0.1) is 6.92 Å². The van der Waals surface area contributed by atoms with Crippen molar-refractivity contribution in [1.82, 2.24) is 19.6 Å². The summed E-state index contributed by atoms with van der Waals surface area (Å²) in [6.45, 7) is 7.20. The Kier molecular flexibility index (Phi) is 5.92. The van der Waals surface area contributed by atoms with Crippen LogP contribution in [0.4, 0.5) is 0 Å². The summed E-state index contributed by atoms with van der Waals surface area (Å²) in [6.07, 6.45) is 1.08. The van der Waals surface area contributed by atoms with Crippen LogP contribution in [0.5, 0.6) is 0 Å². The number of aliphatic hydroxyl groups is 1. The summed E-state index contributed by atoms with van der Waals surface area (Å²) in [4.78, 5) is 4.03. The Morgan fingerprint density at radius 2 is 2.16 bits per heavy atom. The van der Waals surface area contributed by atoms with E-state index in [9.17, 15) is 8.42 Å². The molecule has 1 aromatic heterocycles. The minimum atomic E-state index is -3.56. The zero-order valence-corrected chi connectivity index (χ0v) is 12.4. The van der Waals surface area contributed by atoms with Gasteiger partial charge >= 0.3 is 0 Å². The predicted octanol–water partition coefficient (Wildman–Crippen LogP) is -0.540. The van der Waals surface area contributed by atoms with E-state index in [1.807, 2.05) is 6.92 Å². The molecule has 1 atom stereocenters. The van der Waals surface area contributed by atoms with E-state index in [2.05, 4.69) is 15.0 Å². The van der Waals surface area contributed by atoms with Crippen molar-refractivity contribution in [1.29, 1.82) is 0 Å². The van der Waals surface area contributed by atoms with Gasteiger partial charge < -0.3 is 15.0 Å². The van der Waals surface area contributed by atoms with E-state index < -0.39 is 16.1 Å². The molecule has 0 radical (unpaired) electrons. The maximum absolute atomic E-state index is 11.9. The van der Waals surface area contributed by atoms with E-state index in [1.165, 1.54) is 6.20 Å². The van der Waals surface area contributed by atoms with Gasteiger partial charge in [-0.05, 0) is 20.8 Å².